The van der Waals surface area contributed by atoms with Crippen molar-refractivity contribution in [3.63, 3.8) is 0 Å². The highest BCUT2D eigenvalue weighted by molar-refractivity contribution is 5.74. The quantitative estimate of drug-likeness (QED) is 0.250. The summed E-state index contributed by atoms with van der Waals surface area (Å²) in [6, 6.07) is 9.47. The molecule has 0 amide bonds. The van der Waals surface area contributed by atoms with Crippen molar-refractivity contribution >= 4 is 39.8 Å². The van der Waals surface area contributed by atoms with Crippen molar-refractivity contribution in [2.75, 3.05) is 10.7 Å². The minimum Gasteiger partial charge on any atom is -0.350 e. The van der Waals surface area contributed by atoms with Crippen LogP contribution in [-0.4, -0.2) is 14.8 Å². The molecule has 0 saturated carbocycles. The van der Waals surface area contributed by atoms with Gasteiger partial charge in [0.15, 0.2) is 0 Å². The number of nitro benzene ring substituents is 3. The third kappa shape index (κ3) is 5.35. The standard InChI is InChI=1S/C18H11F2N7O6/c19-13-4-1-10(7-16(13)25(28)29)21-15-6-3-12(9-18(15)27(32)33)23-24-22-11-2-5-14(20)17(8-11)26(30)31/h1-9,21H,(H,22,23). The van der Waals surface area contributed by atoms with Crippen LogP contribution in [0.15, 0.2) is 64.9 Å². The van der Waals surface area contributed by atoms with Gasteiger partial charge >= 0.3 is 11.4 Å². The van der Waals surface area contributed by atoms with Crippen molar-refractivity contribution in [1.82, 2.24) is 0 Å². The van der Waals surface area contributed by atoms with Crippen LogP contribution in [0.1, 0.15) is 0 Å². The van der Waals surface area contributed by atoms with E-state index in [2.05, 4.69) is 21.1 Å². The van der Waals surface area contributed by atoms with E-state index in [0.29, 0.717) is 0 Å². The number of nitrogens with one attached hydrogen (secondary N) is 2. The summed E-state index contributed by atoms with van der Waals surface area (Å²) < 4.78 is 26.8. The van der Waals surface area contributed by atoms with Crippen LogP contribution in [0.4, 0.5) is 48.6 Å². The van der Waals surface area contributed by atoms with E-state index >= 15 is 0 Å². The number of halogens is 2. The van der Waals surface area contributed by atoms with E-state index in [1.54, 1.807) is 0 Å². The Balaban J connectivity index is 1.81. The Bertz CT molecular complexity index is 1300. The number of hydrogen-bond donors (Lipinski definition) is 2. The lowest BCUT2D eigenvalue weighted by Crippen LogP contribution is -2.00. The van der Waals surface area contributed by atoms with Crippen molar-refractivity contribution in [2.24, 2.45) is 10.3 Å². The molecule has 3 rings (SSSR count). The van der Waals surface area contributed by atoms with E-state index in [-0.39, 0.29) is 22.7 Å². The van der Waals surface area contributed by atoms with Gasteiger partial charge in [0.25, 0.3) is 5.69 Å². The van der Waals surface area contributed by atoms with E-state index in [4.69, 9.17) is 0 Å². The molecule has 0 spiro atoms. The van der Waals surface area contributed by atoms with Crippen LogP contribution in [0, 0.1) is 42.0 Å². The van der Waals surface area contributed by atoms with Gasteiger partial charge in [0.05, 0.1) is 26.1 Å². The molecule has 15 heteroatoms. The topological polar surface area (TPSA) is 178 Å². The Morgan fingerprint density at radius 1 is 0.697 bits per heavy atom. The molecule has 168 valence electrons. The molecule has 0 bridgehead atoms. The van der Waals surface area contributed by atoms with Crippen LogP contribution in [0.5, 0.6) is 0 Å². The maximum Gasteiger partial charge on any atom is 0.307 e. The summed E-state index contributed by atoms with van der Waals surface area (Å²) in [4.78, 5) is 30.5. The predicted octanol–water partition coefficient (Wildman–Crippen LogP) is 5.54. The molecule has 0 aliphatic carbocycles. The summed E-state index contributed by atoms with van der Waals surface area (Å²) >= 11 is 0. The molecule has 3 aromatic carbocycles. The van der Waals surface area contributed by atoms with Gasteiger partial charge in [0.2, 0.25) is 11.6 Å². The summed E-state index contributed by atoms with van der Waals surface area (Å²) in [6.07, 6.45) is 0. The number of benzene rings is 3. The Hall–Kier alpha value is -5.08. The molecule has 2 N–H and O–H groups in total. The molecular formula is C18H11F2N7O6. The van der Waals surface area contributed by atoms with Gasteiger partial charge in [-0.05, 0) is 36.4 Å². The largest absolute Gasteiger partial charge is 0.350 e. The fourth-order valence-corrected chi connectivity index (χ4v) is 2.59. The second-order valence-corrected chi connectivity index (χ2v) is 6.24. The Labute approximate surface area is 181 Å². The molecule has 0 aliphatic heterocycles. The third-order valence-electron chi connectivity index (χ3n) is 4.09. The van der Waals surface area contributed by atoms with Crippen molar-refractivity contribution in [3.8, 4) is 0 Å². The van der Waals surface area contributed by atoms with E-state index in [9.17, 15) is 39.1 Å². The highest BCUT2D eigenvalue weighted by Crippen LogP contribution is 2.32. The molecule has 0 aliphatic rings. The van der Waals surface area contributed by atoms with Gasteiger partial charge < -0.3 is 5.32 Å². The first-order valence-corrected chi connectivity index (χ1v) is 8.76. The second kappa shape index (κ2) is 9.38. The van der Waals surface area contributed by atoms with Gasteiger partial charge in [-0.25, -0.2) is 0 Å². The number of anilines is 3. The monoisotopic (exact) mass is 459 g/mol. The van der Waals surface area contributed by atoms with E-state index in [1.807, 2.05) is 0 Å². The molecule has 0 saturated heterocycles. The minimum atomic E-state index is -1.06. The van der Waals surface area contributed by atoms with Crippen LogP contribution in [0.25, 0.3) is 0 Å². The minimum absolute atomic E-state index is 0.0405. The zero-order valence-corrected chi connectivity index (χ0v) is 16.1. The van der Waals surface area contributed by atoms with E-state index < -0.39 is 43.5 Å². The first-order valence-electron chi connectivity index (χ1n) is 8.76. The Morgan fingerprint density at radius 2 is 1.24 bits per heavy atom. The zero-order valence-electron chi connectivity index (χ0n) is 16.1. The number of hydrogen-bond acceptors (Lipinski definition) is 9. The summed E-state index contributed by atoms with van der Waals surface area (Å²) in [7, 11) is 0. The van der Waals surface area contributed by atoms with Gasteiger partial charge in [0, 0.05) is 23.9 Å². The van der Waals surface area contributed by atoms with Crippen LogP contribution in [0.2, 0.25) is 0 Å². The average molecular weight is 459 g/mol. The average Bonchev–Trinajstić information content (AvgIpc) is 2.76. The lowest BCUT2D eigenvalue weighted by molar-refractivity contribution is -0.387. The van der Waals surface area contributed by atoms with Crippen LogP contribution >= 0.6 is 0 Å². The molecule has 0 heterocycles. The summed E-state index contributed by atoms with van der Waals surface area (Å²) in [5.41, 5.74) is 0.427. The lowest BCUT2D eigenvalue weighted by Gasteiger charge is -2.08. The first-order chi connectivity index (χ1) is 15.7. The van der Waals surface area contributed by atoms with Crippen molar-refractivity contribution in [2.45, 2.75) is 0 Å². The summed E-state index contributed by atoms with van der Waals surface area (Å²) in [5.74, 6) is -2.10. The number of rotatable bonds is 8. The third-order valence-corrected chi connectivity index (χ3v) is 4.09. The second-order valence-electron chi connectivity index (χ2n) is 6.24. The van der Waals surface area contributed by atoms with Crippen LogP contribution in [-0.2, 0) is 0 Å². The van der Waals surface area contributed by atoms with Gasteiger partial charge in [-0.3, -0.25) is 35.8 Å². The molecule has 13 nitrogen and oxygen atoms in total. The maximum atomic E-state index is 13.5. The molecule has 33 heavy (non-hydrogen) atoms. The van der Waals surface area contributed by atoms with Gasteiger partial charge in [-0.1, -0.05) is 5.22 Å². The zero-order chi connectivity index (χ0) is 24.1. The van der Waals surface area contributed by atoms with Crippen molar-refractivity contribution in [3.05, 3.63) is 96.6 Å². The number of nitrogens with zero attached hydrogens (tertiary/aromatic N) is 5. The van der Waals surface area contributed by atoms with Gasteiger partial charge in [-0.2, -0.15) is 8.78 Å². The molecule has 0 unspecified atom stereocenters. The fourth-order valence-electron chi connectivity index (χ4n) is 2.59. The van der Waals surface area contributed by atoms with Crippen molar-refractivity contribution in [1.29, 1.82) is 0 Å². The smallest absolute Gasteiger partial charge is 0.307 e. The highest BCUT2D eigenvalue weighted by Gasteiger charge is 2.18. The fraction of sp³-hybridized carbons (Fsp3) is 0. The van der Waals surface area contributed by atoms with Crippen molar-refractivity contribution < 1.29 is 23.6 Å². The maximum absolute atomic E-state index is 13.5. The Kier molecular flexibility index (Phi) is 6.42. The summed E-state index contributed by atoms with van der Waals surface area (Å²) in [5, 5.41) is 42.9. The summed E-state index contributed by atoms with van der Waals surface area (Å²) in [6.45, 7) is 0. The molecule has 0 aromatic heterocycles. The first kappa shape index (κ1) is 22.6. The molecule has 3 aromatic rings. The normalized spacial score (nSPS) is 10.7. The molecular weight excluding hydrogens is 448 g/mol. The highest BCUT2D eigenvalue weighted by atomic mass is 19.1. The Morgan fingerprint density at radius 3 is 1.88 bits per heavy atom. The number of nitro groups is 3. The van der Waals surface area contributed by atoms with Crippen LogP contribution in [0.3, 0.4) is 0 Å². The van der Waals surface area contributed by atoms with E-state index in [1.165, 1.54) is 18.2 Å². The molecule has 0 radical (unpaired) electrons. The van der Waals surface area contributed by atoms with Gasteiger partial charge in [0.1, 0.15) is 5.69 Å². The predicted molar refractivity (Wildman–Crippen MR) is 111 cm³/mol. The lowest BCUT2D eigenvalue weighted by atomic mass is 10.2. The molecule has 0 fully saturated rings. The van der Waals surface area contributed by atoms with Gasteiger partial charge in [-0.15, -0.1) is 5.11 Å². The SMILES string of the molecule is O=[N+]([O-])c1cc(N=NNc2ccc(Nc3ccc(F)c([N+](=O)[O-])c3)c([N+](=O)[O-])c2)ccc1F. The van der Waals surface area contributed by atoms with E-state index in [0.717, 1.165) is 36.4 Å². The van der Waals surface area contributed by atoms with Crippen LogP contribution < -0.4 is 10.7 Å². The molecule has 0 atom stereocenters.